The maximum Gasteiger partial charge on any atom is 0.160 e. The van der Waals surface area contributed by atoms with Gasteiger partial charge in [-0.3, -0.25) is 0 Å². The number of fused-ring (bicyclic) bond motifs is 6. The molecule has 1 aliphatic carbocycles. The van der Waals surface area contributed by atoms with E-state index in [0.29, 0.717) is 5.82 Å². The number of nitrogens with zero attached hydrogens (tertiary/aromatic N) is 2. The molecule has 0 amide bonds. The molecule has 0 bridgehead atoms. The lowest BCUT2D eigenvalue weighted by Gasteiger charge is -2.34. The summed E-state index contributed by atoms with van der Waals surface area (Å²) in [6, 6.07) is 83.3. The van der Waals surface area contributed by atoms with E-state index < -0.39 is 5.41 Å². The molecule has 0 saturated carbocycles. The number of hydrogen-bond donors (Lipinski definition) is 0. The van der Waals surface area contributed by atoms with Gasteiger partial charge in [0.1, 0.15) is 0 Å². The standard InChI is InChI=1S/C59H38N2S/c1-4-18-41(19-5-1)58-60-53(40-36-34-39(35-37-40)44-28-16-30-49-47-26-13-15-33-55(47)62-57(44)49)38-54(61-58)46-25-11-10-24-45(46)48-29-17-32-52-56(48)50-27-12-14-31-51(50)59(52,42-20-6-2-7-21-42)43-22-8-3-9-23-43/h1-38H. The van der Waals surface area contributed by atoms with Crippen LogP contribution in [-0.4, -0.2) is 9.97 Å². The van der Waals surface area contributed by atoms with Crippen molar-refractivity contribution >= 4 is 31.5 Å². The van der Waals surface area contributed by atoms with Crippen molar-refractivity contribution in [3.63, 3.8) is 0 Å². The molecule has 0 N–H and O–H groups in total. The van der Waals surface area contributed by atoms with Gasteiger partial charge in [0, 0.05) is 36.9 Å². The second kappa shape index (κ2) is 14.8. The summed E-state index contributed by atoms with van der Waals surface area (Å²) in [4.78, 5) is 10.6. The average molecular weight is 807 g/mol. The fourth-order valence-corrected chi connectivity index (χ4v) is 11.1. The maximum absolute atomic E-state index is 5.36. The minimum atomic E-state index is -0.489. The van der Waals surface area contributed by atoms with Crippen LogP contribution in [0.1, 0.15) is 22.3 Å². The van der Waals surface area contributed by atoms with Gasteiger partial charge in [-0.15, -0.1) is 11.3 Å². The molecule has 0 unspecified atom stereocenters. The van der Waals surface area contributed by atoms with Gasteiger partial charge in [0.05, 0.1) is 16.8 Å². The molecule has 1 aliphatic rings. The lowest BCUT2D eigenvalue weighted by molar-refractivity contribution is 0.768. The summed E-state index contributed by atoms with van der Waals surface area (Å²) in [6.07, 6.45) is 0. The van der Waals surface area contributed by atoms with Crippen LogP contribution in [0.2, 0.25) is 0 Å². The van der Waals surface area contributed by atoms with Crippen LogP contribution in [0.25, 0.3) is 87.5 Å². The van der Waals surface area contributed by atoms with Crippen LogP contribution in [-0.2, 0) is 5.41 Å². The predicted molar refractivity (Wildman–Crippen MR) is 259 cm³/mol. The van der Waals surface area contributed by atoms with Gasteiger partial charge in [0.25, 0.3) is 0 Å². The molecule has 0 saturated heterocycles. The first-order valence-electron chi connectivity index (χ1n) is 21.2. The second-order valence-electron chi connectivity index (χ2n) is 16.0. The topological polar surface area (TPSA) is 25.8 Å². The monoisotopic (exact) mass is 806 g/mol. The van der Waals surface area contributed by atoms with Crippen molar-refractivity contribution in [2.75, 3.05) is 0 Å². The third-order valence-electron chi connectivity index (χ3n) is 12.6. The molecular formula is C59H38N2S. The van der Waals surface area contributed by atoms with Crippen LogP contribution in [0, 0.1) is 0 Å². The van der Waals surface area contributed by atoms with Gasteiger partial charge in [-0.2, -0.15) is 0 Å². The highest BCUT2D eigenvalue weighted by Gasteiger charge is 2.46. The third-order valence-corrected chi connectivity index (χ3v) is 13.8. The summed E-state index contributed by atoms with van der Waals surface area (Å²) in [7, 11) is 0. The van der Waals surface area contributed by atoms with E-state index in [4.69, 9.17) is 9.97 Å². The van der Waals surface area contributed by atoms with Crippen molar-refractivity contribution < 1.29 is 0 Å². The van der Waals surface area contributed by atoms with Crippen molar-refractivity contribution in [3.8, 4) is 67.3 Å². The van der Waals surface area contributed by atoms with Gasteiger partial charge in [-0.25, -0.2) is 9.97 Å². The SMILES string of the molecule is c1ccc(-c2nc(-c3ccc(-c4cccc5c4sc4ccccc45)cc3)cc(-c3ccccc3-c3cccc4c3-c3ccccc3C4(c3ccccc3)c3ccccc3)n2)cc1. The zero-order valence-electron chi connectivity index (χ0n) is 33.7. The molecule has 12 rings (SSSR count). The van der Waals surface area contributed by atoms with E-state index >= 15 is 0 Å². The molecule has 11 aromatic rings. The van der Waals surface area contributed by atoms with Crippen molar-refractivity contribution in [2.24, 2.45) is 0 Å². The summed E-state index contributed by atoms with van der Waals surface area (Å²) in [5, 5.41) is 2.61. The Balaban J connectivity index is 1.03. The van der Waals surface area contributed by atoms with E-state index in [2.05, 4.69) is 224 Å². The molecule has 0 radical (unpaired) electrons. The Kier molecular flexibility index (Phi) is 8.62. The molecule has 0 spiro atoms. The Labute approximate surface area is 365 Å². The first kappa shape index (κ1) is 36.2. The van der Waals surface area contributed by atoms with E-state index in [1.54, 1.807) is 0 Å². The first-order valence-corrected chi connectivity index (χ1v) is 22.0. The average Bonchev–Trinajstić information content (AvgIpc) is 3.89. The molecule has 2 nitrogen and oxygen atoms in total. The Morgan fingerprint density at radius 3 is 1.63 bits per heavy atom. The molecular weight excluding hydrogens is 769 g/mol. The lowest BCUT2D eigenvalue weighted by Crippen LogP contribution is -2.28. The summed E-state index contributed by atoms with van der Waals surface area (Å²) >= 11 is 1.86. The van der Waals surface area contributed by atoms with Crippen molar-refractivity contribution in [1.82, 2.24) is 9.97 Å². The summed E-state index contributed by atoms with van der Waals surface area (Å²) < 4.78 is 2.62. The van der Waals surface area contributed by atoms with Gasteiger partial charge in [-0.05, 0) is 67.8 Å². The molecule has 2 heterocycles. The summed E-state index contributed by atoms with van der Waals surface area (Å²) in [5.74, 6) is 0.697. The molecule has 9 aromatic carbocycles. The smallest absolute Gasteiger partial charge is 0.160 e. The molecule has 0 fully saturated rings. The Hall–Kier alpha value is -7.72. The number of rotatable bonds is 7. The fraction of sp³-hybridized carbons (Fsp3) is 0.0169. The molecule has 3 heteroatoms. The minimum Gasteiger partial charge on any atom is -0.228 e. The van der Waals surface area contributed by atoms with Crippen LogP contribution in [0.15, 0.2) is 231 Å². The fourth-order valence-electron chi connectivity index (χ4n) is 9.90. The van der Waals surface area contributed by atoms with Crippen molar-refractivity contribution in [2.45, 2.75) is 5.41 Å². The van der Waals surface area contributed by atoms with Crippen LogP contribution < -0.4 is 0 Å². The van der Waals surface area contributed by atoms with Crippen LogP contribution in [0.3, 0.4) is 0 Å². The van der Waals surface area contributed by atoms with Gasteiger partial charge in [-0.1, -0.05) is 218 Å². The largest absolute Gasteiger partial charge is 0.228 e. The lowest BCUT2D eigenvalue weighted by atomic mass is 9.67. The maximum atomic E-state index is 5.36. The van der Waals surface area contributed by atoms with E-state index in [1.807, 2.05) is 17.4 Å². The predicted octanol–water partition coefficient (Wildman–Crippen LogP) is 15.5. The molecule has 0 aliphatic heterocycles. The first-order chi connectivity index (χ1) is 30.8. The van der Waals surface area contributed by atoms with Gasteiger partial charge >= 0.3 is 0 Å². The molecule has 62 heavy (non-hydrogen) atoms. The number of hydrogen-bond acceptors (Lipinski definition) is 3. The zero-order chi connectivity index (χ0) is 41.0. The van der Waals surface area contributed by atoms with E-state index in [1.165, 1.54) is 70.2 Å². The van der Waals surface area contributed by atoms with Gasteiger partial charge < -0.3 is 0 Å². The second-order valence-corrected chi connectivity index (χ2v) is 17.0. The molecule has 0 atom stereocenters. The molecule has 290 valence electrons. The van der Waals surface area contributed by atoms with Crippen molar-refractivity contribution in [3.05, 3.63) is 253 Å². The number of benzene rings is 9. The Morgan fingerprint density at radius 1 is 0.339 bits per heavy atom. The summed E-state index contributed by atoms with van der Waals surface area (Å²) in [6.45, 7) is 0. The van der Waals surface area contributed by atoms with Crippen LogP contribution >= 0.6 is 11.3 Å². The quantitative estimate of drug-likeness (QED) is 0.160. The third kappa shape index (κ3) is 5.70. The minimum absolute atomic E-state index is 0.489. The van der Waals surface area contributed by atoms with Crippen LogP contribution in [0.4, 0.5) is 0 Å². The molecule has 2 aromatic heterocycles. The van der Waals surface area contributed by atoms with E-state index in [-0.39, 0.29) is 0 Å². The Bertz CT molecular complexity index is 3400. The van der Waals surface area contributed by atoms with Crippen molar-refractivity contribution in [1.29, 1.82) is 0 Å². The summed E-state index contributed by atoms with van der Waals surface area (Å²) in [5.41, 5.74) is 16.7. The van der Waals surface area contributed by atoms with Gasteiger partial charge in [0.2, 0.25) is 0 Å². The van der Waals surface area contributed by atoms with Gasteiger partial charge in [0.15, 0.2) is 5.82 Å². The highest BCUT2D eigenvalue weighted by atomic mass is 32.1. The normalized spacial score (nSPS) is 12.6. The highest BCUT2D eigenvalue weighted by molar-refractivity contribution is 7.26. The zero-order valence-corrected chi connectivity index (χ0v) is 34.6. The van der Waals surface area contributed by atoms with E-state index in [0.717, 1.165) is 33.6 Å². The number of aromatic nitrogens is 2. The van der Waals surface area contributed by atoms with E-state index in [9.17, 15) is 0 Å². The van der Waals surface area contributed by atoms with Crippen LogP contribution in [0.5, 0.6) is 0 Å². The Morgan fingerprint density at radius 2 is 0.871 bits per heavy atom. The number of thiophene rings is 1. The highest BCUT2D eigenvalue weighted by Crippen LogP contribution is 2.58.